The highest BCUT2D eigenvalue weighted by Crippen LogP contribution is 2.22. The third-order valence-corrected chi connectivity index (χ3v) is 4.35. The van der Waals surface area contributed by atoms with E-state index in [-0.39, 0.29) is 5.78 Å². The van der Waals surface area contributed by atoms with E-state index in [0.717, 1.165) is 26.0 Å². The topological polar surface area (TPSA) is 17.1 Å². The van der Waals surface area contributed by atoms with Gasteiger partial charge in [0.2, 0.25) is 0 Å². The quantitative estimate of drug-likeness (QED) is 0.760. The normalized spacial score (nSPS) is 10.5. The number of rotatable bonds is 3. The van der Waals surface area contributed by atoms with Crippen molar-refractivity contribution < 1.29 is 4.79 Å². The van der Waals surface area contributed by atoms with Gasteiger partial charge >= 0.3 is 0 Å². The monoisotopic (exact) mass is 308 g/mol. The van der Waals surface area contributed by atoms with Gasteiger partial charge in [-0.2, -0.15) is 0 Å². The number of hydrogen-bond donors (Lipinski definition) is 0. The molecule has 1 heterocycles. The van der Waals surface area contributed by atoms with Crippen molar-refractivity contribution in [1.82, 2.24) is 0 Å². The number of aryl methyl sites for hydroxylation is 2. The lowest BCUT2D eigenvalue weighted by Crippen LogP contribution is -2.04. The fourth-order valence-corrected chi connectivity index (χ4v) is 3.19. The molecule has 1 aromatic carbocycles. The highest BCUT2D eigenvalue weighted by atomic mass is 79.9. The summed E-state index contributed by atoms with van der Waals surface area (Å²) in [6, 6.07) is 8.02. The van der Waals surface area contributed by atoms with Gasteiger partial charge in [0.15, 0.2) is 5.78 Å². The maximum atomic E-state index is 12.2. The fraction of sp³-hybridized carbons (Fsp3) is 0.214. The van der Waals surface area contributed by atoms with Crippen LogP contribution in [0.25, 0.3) is 0 Å². The van der Waals surface area contributed by atoms with Crippen molar-refractivity contribution in [2.45, 2.75) is 20.3 Å². The zero-order valence-electron chi connectivity index (χ0n) is 9.79. The third kappa shape index (κ3) is 3.05. The number of thiophene rings is 1. The molecule has 1 aromatic heterocycles. The summed E-state index contributed by atoms with van der Waals surface area (Å²) in [5.74, 6) is 0.195. The van der Waals surface area contributed by atoms with Crippen LogP contribution in [0.2, 0.25) is 0 Å². The molecule has 2 rings (SSSR count). The van der Waals surface area contributed by atoms with Crippen LogP contribution >= 0.6 is 27.3 Å². The fourth-order valence-electron chi connectivity index (χ4n) is 1.74. The molecule has 0 fully saturated rings. The van der Waals surface area contributed by atoms with Crippen molar-refractivity contribution in [2.75, 3.05) is 0 Å². The van der Waals surface area contributed by atoms with Crippen LogP contribution in [0.3, 0.4) is 0 Å². The Hall–Kier alpha value is -0.930. The van der Waals surface area contributed by atoms with Gasteiger partial charge in [0.05, 0.1) is 0 Å². The van der Waals surface area contributed by atoms with E-state index >= 15 is 0 Å². The van der Waals surface area contributed by atoms with E-state index in [9.17, 15) is 4.79 Å². The molecule has 0 aliphatic carbocycles. The van der Waals surface area contributed by atoms with Gasteiger partial charge < -0.3 is 0 Å². The van der Waals surface area contributed by atoms with Gasteiger partial charge in [0, 0.05) is 26.7 Å². The van der Waals surface area contributed by atoms with Crippen molar-refractivity contribution in [3.8, 4) is 0 Å². The minimum atomic E-state index is 0.195. The maximum absolute atomic E-state index is 12.2. The van der Waals surface area contributed by atoms with Gasteiger partial charge in [0.25, 0.3) is 0 Å². The molecule has 0 amide bonds. The predicted octanol–water partition coefficient (Wildman–Crippen LogP) is 4.55. The molecule has 1 nitrogen and oxygen atoms in total. The summed E-state index contributed by atoms with van der Waals surface area (Å²) in [5, 5.41) is 2.01. The Morgan fingerprint density at radius 2 is 2.06 bits per heavy atom. The molecule has 3 heteroatoms. The molecule has 0 bridgehead atoms. The summed E-state index contributed by atoms with van der Waals surface area (Å²) in [6.45, 7) is 4.00. The first-order chi connectivity index (χ1) is 8.06. The highest BCUT2D eigenvalue weighted by molar-refractivity contribution is 9.10. The summed E-state index contributed by atoms with van der Waals surface area (Å²) in [6.07, 6.45) is 0.487. The summed E-state index contributed by atoms with van der Waals surface area (Å²) >= 11 is 5.02. The van der Waals surface area contributed by atoms with E-state index in [1.165, 1.54) is 0 Å². The van der Waals surface area contributed by atoms with Crippen LogP contribution in [-0.4, -0.2) is 5.78 Å². The molecule has 0 unspecified atom stereocenters. The highest BCUT2D eigenvalue weighted by Gasteiger charge is 2.11. The average Bonchev–Trinajstić information content (AvgIpc) is 2.67. The first-order valence-corrected chi connectivity index (χ1v) is 7.07. The van der Waals surface area contributed by atoms with Crippen molar-refractivity contribution in [1.29, 1.82) is 0 Å². The van der Waals surface area contributed by atoms with Gasteiger partial charge in [-0.3, -0.25) is 4.79 Å². The number of hydrogen-bond acceptors (Lipinski definition) is 2. The lowest BCUT2D eigenvalue weighted by Gasteiger charge is -2.05. The van der Waals surface area contributed by atoms with E-state index < -0.39 is 0 Å². The van der Waals surface area contributed by atoms with Crippen LogP contribution in [-0.2, 0) is 6.42 Å². The van der Waals surface area contributed by atoms with Gasteiger partial charge in [-0.25, -0.2) is 0 Å². The zero-order chi connectivity index (χ0) is 12.4. The molecule has 0 saturated heterocycles. The van der Waals surface area contributed by atoms with Crippen molar-refractivity contribution >= 4 is 33.0 Å². The maximum Gasteiger partial charge on any atom is 0.168 e. The second kappa shape index (κ2) is 5.15. The number of carbonyl (C=O) groups excluding carboxylic acids is 1. The largest absolute Gasteiger partial charge is 0.294 e. The molecule has 0 spiro atoms. The third-order valence-electron chi connectivity index (χ3n) is 2.65. The first-order valence-electron chi connectivity index (χ1n) is 5.39. The number of carbonyl (C=O) groups is 1. The van der Waals surface area contributed by atoms with E-state index in [2.05, 4.69) is 15.9 Å². The Bertz CT molecular complexity index is 557. The molecule has 17 heavy (non-hydrogen) atoms. The van der Waals surface area contributed by atoms with Gasteiger partial charge in [-0.1, -0.05) is 17.7 Å². The van der Waals surface area contributed by atoms with E-state index in [1.807, 2.05) is 43.5 Å². The summed E-state index contributed by atoms with van der Waals surface area (Å²) in [4.78, 5) is 13.3. The second-order valence-electron chi connectivity index (χ2n) is 4.15. The lowest BCUT2D eigenvalue weighted by molar-refractivity contribution is 0.0993. The minimum Gasteiger partial charge on any atom is -0.294 e. The summed E-state index contributed by atoms with van der Waals surface area (Å²) in [5.41, 5.74) is 3.03. The van der Waals surface area contributed by atoms with E-state index in [4.69, 9.17) is 0 Å². The second-order valence-corrected chi connectivity index (χ2v) is 6.06. The summed E-state index contributed by atoms with van der Waals surface area (Å²) in [7, 11) is 0. The molecule has 0 radical (unpaired) electrons. The number of ketones is 1. The Kier molecular flexibility index (Phi) is 3.79. The zero-order valence-corrected chi connectivity index (χ0v) is 12.2. The van der Waals surface area contributed by atoms with Crippen LogP contribution in [0, 0.1) is 13.8 Å². The van der Waals surface area contributed by atoms with Crippen LogP contribution in [0.4, 0.5) is 0 Å². The average molecular weight is 309 g/mol. The molecule has 0 aliphatic rings. The van der Waals surface area contributed by atoms with Crippen molar-refractivity contribution in [2.24, 2.45) is 0 Å². The molecule has 0 N–H and O–H groups in total. The molecular weight excluding hydrogens is 296 g/mol. The van der Waals surface area contributed by atoms with E-state index in [1.54, 1.807) is 11.3 Å². The predicted molar refractivity (Wildman–Crippen MR) is 76.0 cm³/mol. The number of Topliss-reactive ketones (excluding diaryl/α,β-unsaturated/α-hetero) is 1. The molecule has 2 aromatic rings. The minimum absolute atomic E-state index is 0.195. The smallest absolute Gasteiger partial charge is 0.168 e. The molecule has 88 valence electrons. The SMILES string of the molecule is Cc1ccc(C)c(C(=O)Cc2cc(Br)cs2)c1. The molecular formula is C14H13BrOS. The number of benzene rings is 1. The van der Waals surface area contributed by atoms with Crippen LogP contribution < -0.4 is 0 Å². The molecule has 0 saturated carbocycles. The lowest BCUT2D eigenvalue weighted by atomic mass is 10.00. The van der Waals surface area contributed by atoms with Crippen LogP contribution in [0.15, 0.2) is 34.1 Å². The molecule has 0 aliphatic heterocycles. The van der Waals surface area contributed by atoms with Crippen LogP contribution in [0.1, 0.15) is 26.4 Å². The first kappa shape index (κ1) is 12.5. The summed E-state index contributed by atoms with van der Waals surface area (Å²) < 4.78 is 1.05. The van der Waals surface area contributed by atoms with Gasteiger partial charge in [-0.05, 0) is 47.5 Å². The van der Waals surface area contributed by atoms with Crippen molar-refractivity contribution in [3.05, 3.63) is 55.7 Å². The van der Waals surface area contributed by atoms with Crippen molar-refractivity contribution in [3.63, 3.8) is 0 Å². The van der Waals surface area contributed by atoms with E-state index in [0.29, 0.717) is 6.42 Å². The Morgan fingerprint density at radius 1 is 1.29 bits per heavy atom. The Labute approximate surface area is 114 Å². The van der Waals surface area contributed by atoms with Crippen LogP contribution in [0.5, 0.6) is 0 Å². The standard InChI is InChI=1S/C14H13BrOS/c1-9-3-4-10(2)13(5-9)14(16)7-12-6-11(15)8-17-12/h3-6,8H,7H2,1-2H3. The number of halogens is 1. The Morgan fingerprint density at radius 3 is 2.71 bits per heavy atom. The van der Waals surface area contributed by atoms with Gasteiger partial charge in [-0.15, -0.1) is 11.3 Å². The van der Waals surface area contributed by atoms with Gasteiger partial charge in [0.1, 0.15) is 0 Å². The molecule has 0 atom stereocenters. The Balaban J connectivity index is 2.22.